The second-order valence-corrected chi connectivity index (χ2v) is 4.04. The van der Waals surface area contributed by atoms with Crippen LogP contribution >= 0.6 is 0 Å². The quantitative estimate of drug-likeness (QED) is 0.703. The summed E-state index contributed by atoms with van der Waals surface area (Å²) in [5.74, 6) is 1.10. The van der Waals surface area contributed by atoms with Gasteiger partial charge in [-0.2, -0.15) is 0 Å². The molecule has 3 unspecified atom stereocenters. The van der Waals surface area contributed by atoms with Crippen molar-refractivity contribution in [3.8, 4) is 0 Å². The summed E-state index contributed by atoms with van der Waals surface area (Å²) >= 11 is 0. The second-order valence-electron chi connectivity index (χ2n) is 4.04. The molecule has 0 bridgehead atoms. The maximum Gasteiger partial charge on any atom is 0.0537 e. The van der Waals surface area contributed by atoms with Crippen molar-refractivity contribution in [1.82, 2.24) is 0 Å². The topological polar surface area (TPSA) is 29.5 Å². The Labute approximate surface area is 74.9 Å². The molecule has 72 valence electrons. The molecule has 0 aromatic rings. The van der Waals surface area contributed by atoms with Gasteiger partial charge in [0.15, 0.2) is 0 Å². The van der Waals surface area contributed by atoms with Gasteiger partial charge in [-0.15, -0.1) is 0 Å². The van der Waals surface area contributed by atoms with Gasteiger partial charge in [0.2, 0.25) is 0 Å². The van der Waals surface area contributed by atoms with E-state index in [0.717, 1.165) is 19.6 Å². The minimum Gasteiger partial charge on any atom is -0.393 e. The van der Waals surface area contributed by atoms with Crippen LogP contribution in [0, 0.1) is 11.8 Å². The van der Waals surface area contributed by atoms with Gasteiger partial charge in [0.25, 0.3) is 0 Å². The molecule has 2 heteroatoms. The molecule has 0 amide bonds. The van der Waals surface area contributed by atoms with Gasteiger partial charge in [-0.25, -0.2) is 0 Å². The maximum atomic E-state index is 9.31. The molecule has 1 N–H and O–H groups in total. The SMILES string of the molecule is CC(O)C(C)CC1CCCOC1. The first-order valence-electron chi connectivity index (χ1n) is 4.96. The van der Waals surface area contributed by atoms with Gasteiger partial charge >= 0.3 is 0 Å². The third-order valence-corrected chi connectivity index (χ3v) is 2.78. The van der Waals surface area contributed by atoms with Crippen molar-refractivity contribution in [2.24, 2.45) is 11.8 Å². The Morgan fingerprint density at radius 1 is 1.50 bits per heavy atom. The van der Waals surface area contributed by atoms with Crippen LogP contribution in [0.25, 0.3) is 0 Å². The van der Waals surface area contributed by atoms with E-state index in [2.05, 4.69) is 6.92 Å². The zero-order chi connectivity index (χ0) is 8.97. The van der Waals surface area contributed by atoms with E-state index in [1.165, 1.54) is 12.8 Å². The normalized spacial score (nSPS) is 29.8. The first-order valence-corrected chi connectivity index (χ1v) is 4.96. The first-order chi connectivity index (χ1) is 5.70. The molecule has 2 nitrogen and oxygen atoms in total. The van der Waals surface area contributed by atoms with Crippen molar-refractivity contribution in [3.05, 3.63) is 0 Å². The fourth-order valence-electron chi connectivity index (χ4n) is 1.72. The van der Waals surface area contributed by atoms with Crippen LogP contribution in [0.2, 0.25) is 0 Å². The van der Waals surface area contributed by atoms with E-state index < -0.39 is 0 Å². The minimum absolute atomic E-state index is 0.174. The highest BCUT2D eigenvalue weighted by Gasteiger charge is 2.18. The largest absolute Gasteiger partial charge is 0.393 e. The third kappa shape index (κ3) is 3.11. The van der Waals surface area contributed by atoms with Gasteiger partial charge in [-0.05, 0) is 38.0 Å². The Morgan fingerprint density at radius 3 is 2.75 bits per heavy atom. The molecule has 0 saturated carbocycles. The Balaban J connectivity index is 2.20. The van der Waals surface area contributed by atoms with Gasteiger partial charge in [0, 0.05) is 13.2 Å². The van der Waals surface area contributed by atoms with Crippen LogP contribution in [0.5, 0.6) is 0 Å². The van der Waals surface area contributed by atoms with Crippen molar-refractivity contribution in [2.75, 3.05) is 13.2 Å². The number of hydrogen-bond donors (Lipinski definition) is 1. The van der Waals surface area contributed by atoms with Crippen LogP contribution in [-0.4, -0.2) is 24.4 Å². The lowest BCUT2D eigenvalue weighted by Gasteiger charge is -2.25. The van der Waals surface area contributed by atoms with Crippen molar-refractivity contribution in [1.29, 1.82) is 0 Å². The molecule has 12 heavy (non-hydrogen) atoms. The molecule has 0 radical (unpaired) electrons. The van der Waals surface area contributed by atoms with E-state index in [1.807, 2.05) is 6.92 Å². The standard InChI is InChI=1S/C10H20O2/c1-8(9(2)11)6-10-4-3-5-12-7-10/h8-11H,3-7H2,1-2H3. The minimum atomic E-state index is -0.174. The number of rotatable bonds is 3. The summed E-state index contributed by atoms with van der Waals surface area (Å²) in [6.07, 6.45) is 3.40. The third-order valence-electron chi connectivity index (χ3n) is 2.78. The average molecular weight is 172 g/mol. The fraction of sp³-hybridized carbons (Fsp3) is 1.00. The van der Waals surface area contributed by atoms with Gasteiger partial charge in [0.1, 0.15) is 0 Å². The highest BCUT2D eigenvalue weighted by Crippen LogP contribution is 2.22. The summed E-state index contributed by atoms with van der Waals surface area (Å²) in [6.45, 7) is 5.81. The number of aliphatic hydroxyl groups excluding tert-OH is 1. The summed E-state index contributed by atoms with van der Waals surface area (Å²) in [7, 11) is 0. The Bertz CT molecular complexity index is 117. The van der Waals surface area contributed by atoms with E-state index in [9.17, 15) is 5.11 Å². The van der Waals surface area contributed by atoms with E-state index in [0.29, 0.717) is 11.8 Å². The molecular weight excluding hydrogens is 152 g/mol. The van der Waals surface area contributed by atoms with Crippen molar-refractivity contribution in [2.45, 2.75) is 39.2 Å². The monoisotopic (exact) mass is 172 g/mol. The van der Waals surface area contributed by atoms with E-state index in [4.69, 9.17) is 4.74 Å². The molecule has 1 rings (SSSR count). The number of hydrogen-bond acceptors (Lipinski definition) is 2. The Kier molecular flexibility index (Phi) is 4.02. The van der Waals surface area contributed by atoms with Crippen molar-refractivity contribution in [3.63, 3.8) is 0 Å². The molecule has 1 saturated heterocycles. The molecule has 1 fully saturated rings. The van der Waals surface area contributed by atoms with Crippen molar-refractivity contribution < 1.29 is 9.84 Å². The highest BCUT2D eigenvalue weighted by atomic mass is 16.5. The van der Waals surface area contributed by atoms with E-state index in [1.54, 1.807) is 0 Å². The van der Waals surface area contributed by atoms with Crippen LogP contribution < -0.4 is 0 Å². The zero-order valence-corrected chi connectivity index (χ0v) is 8.12. The maximum absolute atomic E-state index is 9.31. The van der Waals surface area contributed by atoms with Gasteiger partial charge < -0.3 is 9.84 Å². The van der Waals surface area contributed by atoms with Crippen LogP contribution in [-0.2, 0) is 4.74 Å². The van der Waals surface area contributed by atoms with Gasteiger partial charge in [-0.1, -0.05) is 6.92 Å². The summed E-state index contributed by atoms with van der Waals surface area (Å²) < 4.78 is 5.38. The van der Waals surface area contributed by atoms with E-state index >= 15 is 0 Å². The lowest BCUT2D eigenvalue weighted by molar-refractivity contribution is 0.0326. The predicted octanol–water partition coefficient (Wildman–Crippen LogP) is 1.82. The van der Waals surface area contributed by atoms with Crippen LogP contribution in [0.15, 0.2) is 0 Å². The average Bonchev–Trinajstić information content (AvgIpc) is 2.06. The molecule has 3 atom stereocenters. The highest BCUT2D eigenvalue weighted by molar-refractivity contribution is 4.69. The van der Waals surface area contributed by atoms with Crippen molar-refractivity contribution >= 4 is 0 Å². The molecule has 0 aromatic carbocycles. The molecule has 1 heterocycles. The molecule has 0 aliphatic carbocycles. The predicted molar refractivity (Wildman–Crippen MR) is 49.0 cm³/mol. The number of ether oxygens (including phenoxy) is 1. The number of aliphatic hydroxyl groups is 1. The first kappa shape index (κ1) is 10.0. The smallest absolute Gasteiger partial charge is 0.0537 e. The zero-order valence-electron chi connectivity index (χ0n) is 8.12. The van der Waals surface area contributed by atoms with Crippen LogP contribution in [0.4, 0.5) is 0 Å². The molecule has 1 aliphatic heterocycles. The lowest BCUT2D eigenvalue weighted by Crippen LogP contribution is -2.23. The second kappa shape index (κ2) is 4.83. The lowest BCUT2D eigenvalue weighted by atomic mass is 9.89. The fourth-order valence-corrected chi connectivity index (χ4v) is 1.72. The molecular formula is C10H20O2. The van der Waals surface area contributed by atoms with Crippen LogP contribution in [0.1, 0.15) is 33.1 Å². The molecule has 0 spiro atoms. The van der Waals surface area contributed by atoms with E-state index in [-0.39, 0.29) is 6.10 Å². The van der Waals surface area contributed by atoms with Crippen LogP contribution in [0.3, 0.4) is 0 Å². The van der Waals surface area contributed by atoms with Gasteiger partial charge in [-0.3, -0.25) is 0 Å². The summed E-state index contributed by atoms with van der Waals surface area (Å²) in [6, 6.07) is 0. The molecule has 1 aliphatic rings. The Hall–Kier alpha value is -0.0800. The Morgan fingerprint density at radius 2 is 2.25 bits per heavy atom. The van der Waals surface area contributed by atoms with Gasteiger partial charge in [0.05, 0.1) is 6.10 Å². The summed E-state index contributed by atoms with van der Waals surface area (Å²) in [5, 5.41) is 9.31. The summed E-state index contributed by atoms with van der Waals surface area (Å²) in [4.78, 5) is 0. The molecule has 0 aromatic heterocycles. The summed E-state index contributed by atoms with van der Waals surface area (Å²) in [5.41, 5.74) is 0.